The molecule has 0 spiro atoms. The number of rotatable bonds is 6. The second-order valence-electron chi connectivity index (χ2n) is 4.47. The molecule has 1 N–H and O–H groups in total. The van der Waals surface area contributed by atoms with Gasteiger partial charge in [0.05, 0.1) is 3.79 Å². The first-order valence-corrected chi connectivity index (χ1v) is 9.11. The summed E-state index contributed by atoms with van der Waals surface area (Å²) in [7, 11) is 0. The Hall–Kier alpha value is 0.0900. The van der Waals surface area contributed by atoms with Crippen LogP contribution in [0.1, 0.15) is 29.8 Å². The summed E-state index contributed by atoms with van der Waals surface area (Å²) in [5.74, 6) is 0. The van der Waals surface area contributed by atoms with Crippen molar-refractivity contribution in [2.24, 2.45) is 0 Å². The van der Waals surface area contributed by atoms with Crippen molar-refractivity contribution in [2.75, 3.05) is 6.54 Å². The molecule has 1 atom stereocenters. The summed E-state index contributed by atoms with van der Waals surface area (Å²) < 4.78 is 2.49. The quantitative estimate of drug-likeness (QED) is 0.582. The monoisotopic (exact) mass is 449 g/mol. The number of nitrogens with one attached hydrogen (secondary N) is 1. The summed E-state index contributed by atoms with van der Waals surface area (Å²) in [4.78, 5) is 1.42. The summed E-state index contributed by atoms with van der Waals surface area (Å²) in [5, 5.41) is 3.65. The smallest absolute Gasteiger partial charge is 0.0701 e. The van der Waals surface area contributed by atoms with Crippen LogP contribution < -0.4 is 5.32 Å². The van der Waals surface area contributed by atoms with Crippen molar-refractivity contribution in [1.82, 2.24) is 5.32 Å². The van der Waals surface area contributed by atoms with Gasteiger partial charge in [0.15, 0.2) is 0 Å². The highest BCUT2D eigenvalue weighted by Crippen LogP contribution is 2.27. The van der Waals surface area contributed by atoms with E-state index in [0.29, 0.717) is 6.04 Å². The Morgan fingerprint density at radius 3 is 2.53 bits per heavy atom. The molecule has 1 unspecified atom stereocenters. The van der Waals surface area contributed by atoms with Crippen LogP contribution in [0.3, 0.4) is 0 Å². The van der Waals surface area contributed by atoms with Crippen molar-refractivity contribution in [3.8, 4) is 0 Å². The van der Waals surface area contributed by atoms with Gasteiger partial charge in [0.1, 0.15) is 0 Å². The maximum absolute atomic E-state index is 3.65. The Kier molecular flexibility index (Phi) is 6.32. The van der Waals surface area contributed by atoms with Crippen LogP contribution in [0.15, 0.2) is 40.2 Å². The fraction of sp³-hybridized carbons (Fsp3) is 0.333. The van der Waals surface area contributed by atoms with Gasteiger partial charge in [-0.3, -0.25) is 0 Å². The first-order chi connectivity index (χ1) is 9.19. The molecule has 0 bridgehead atoms. The molecule has 0 radical (unpaired) electrons. The van der Waals surface area contributed by atoms with Crippen molar-refractivity contribution in [1.29, 1.82) is 0 Å². The fourth-order valence-electron chi connectivity index (χ4n) is 1.98. The zero-order valence-electron chi connectivity index (χ0n) is 10.8. The van der Waals surface area contributed by atoms with Crippen molar-refractivity contribution in [3.05, 3.63) is 54.2 Å². The van der Waals surface area contributed by atoms with Gasteiger partial charge in [-0.2, -0.15) is 0 Å². The molecule has 0 saturated carbocycles. The fourth-order valence-corrected chi connectivity index (χ4v) is 3.87. The van der Waals surface area contributed by atoms with E-state index in [9.17, 15) is 0 Å². The predicted molar refractivity (Wildman–Crippen MR) is 95.9 cm³/mol. The molecule has 1 aromatic carbocycles. The first-order valence-electron chi connectivity index (χ1n) is 6.42. The average molecular weight is 450 g/mol. The molecule has 0 aliphatic carbocycles. The van der Waals surface area contributed by atoms with E-state index >= 15 is 0 Å². The molecule has 1 heterocycles. The molecule has 0 amide bonds. The van der Waals surface area contributed by atoms with E-state index in [4.69, 9.17) is 0 Å². The van der Waals surface area contributed by atoms with E-state index in [0.717, 1.165) is 19.4 Å². The van der Waals surface area contributed by atoms with Gasteiger partial charge in [-0.25, -0.2) is 0 Å². The largest absolute Gasteiger partial charge is 0.310 e. The Balaban J connectivity index is 2.13. The van der Waals surface area contributed by atoms with Gasteiger partial charge in [-0.1, -0.05) is 19.1 Å². The minimum atomic E-state index is 0.405. The lowest BCUT2D eigenvalue weighted by Crippen LogP contribution is -2.23. The van der Waals surface area contributed by atoms with Gasteiger partial charge in [0.25, 0.3) is 0 Å². The molecule has 2 rings (SSSR count). The third-order valence-electron chi connectivity index (χ3n) is 2.95. The molecular weight excluding hydrogens is 433 g/mol. The number of benzene rings is 1. The van der Waals surface area contributed by atoms with Crippen LogP contribution in [0.4, 0.5) is 0 Å². The minimum absolute atomic E-state index is 0.405. The number of halogens is 2. The van der Waals surface area contributed by atoms with Crippen LogP contribution >= 0.6 is 49.9 Å². The highest BCUT2D eigenvalue weighted by molar-refractivity contribution is 14.1. The zero-order valence-corrected chi connectivity index (χ0v) is 15.4. The van der Waals surface area contributed by atoms with E-state index in [-0.39, 0.29) is 0 Å². The summed E-state index contributed by atoms with van der Waals surface area (Å²) in [5.41, 5.74) is 1.37. The SMILES string of the molecule is CCCNC(Cc1ccc(Br)s1)c1ccc(I)cc1. The number of thiophene rings is 1. The Labute approximate surface area is 141 Å². The van der Waals surface area contributed by atoms with Crippen LogP contribution in [0.25, 0.3) is 0 Å². The first kappa shape index (κ1) is 15.5. The Morgan fingerprint density at radius 1 is 1.21 bits per heavy atom. The normalized spacial score (nSPS) is 12.6. The molecule has 0 saturated heterocycles. The van der Waals surface area contributed by atoms with Crippen LogP contribution in [0.5, 0.6) is 0 Å². The summed E-state index contributed by atoms with van der Waals surface area (Å²) in [6.45, 7) is 3.27. The standard InChI is InChI=1S/C15H17BrINS/c1-2-9-18-14(10-13-7-8-15(16)19-13)11-3-5-12(17)6-4-11/h3-8,14,18H,2,9-10H2,1H3. The summed E-state index contributed by atoms with van der Waals surface area (Å²) in [6, 6.07) is 13.6. The third-order valence-corrected chi connectivity index (χ3v) is 5.31. The molecule has 1 nitrogen and oxygen atoms in total. The van der Waals surface area contributed by atoms with Gasteiger partial charge in [-0.15, -0.1) is 11.3 Å². The maximum atomic E-state index is 3.65. The van der Waals surface area contributed by atoms with Crippen molar-refractivity contribution in [2.45, 2.75) is 25.8 Å². The third kappa shape index (κ3) is 4.85. The highest BCUT2D eigenvalue weighted by Gasteiger charge is 2.12. The number of hydrogen-bond donors (Lipinski definition) is 1. The number of hydrogen-bond acceptors (Lipinski definition) is 2. The Bertz CT molecular complexity index is 509. The van der Waals surface area contributed by atoms with Crippen molar-refractivity contribution < 1.29 is 0 Å². The van der Waals surface area contributed by atoms with Crippen molar-refractivity contribution >= 4 is 49.9 Å². The molecule has 0 aliphatic heterocycles. The lowest BCUT2D eigenvalue weighted by Gasteiger charge is -2.18. The van der Waals surface area contributed by atoms with Gasteiger partial charge in [0, 0.05) is 20.9 Å². The van der Waals surface area contributed by atoms with Gasteiger partial charge in [0.2, 0.25) is 0 Å². The van der Waals surface area contributed by atoms with E-state index in [1.54, 1.807) is 0 Å². The van der Waals surface area contributed by atoms with Crippen LogP contribution in [0, 0.1) is 3.57 Å². The van der Waals surface area contributed by atoms with Gasteiger partial charge in [-0.05, 0) is 81.3 Å². The maximum Gasteiger partial charge on any atom is 0.0701 e. The van der Waals surface area contributed by atoms with E-state index in [1.807, 2.05) is 11.3 Å². The van der Waals surface area contributed by atoms with Gasteiger partial charge < -0.3 is 5.32 Å². The highest BCUT2D eigenvalue weighted by atomic mass is 127. The lowest BCUT2D eigenvalue weighted by molar-refractivity contribution is 0.532. The van der Waals surface area contributed by atoms with Crippen molar-refractivity contribution in [3.63, 3.8) is 0 Å². The topological polar surface area (TPSA) is 12.0 Å². The molecule has 1 aromatic heterocycles. The zero-order chi connectivity index (χ0) is 13.7. The lowest BCUT2D eigenvalue weighted by atomic mass is 10.0. The average Bonchev–Trinajstić information content (AvgIpc) is 2.81. The second kappa shape index (κ2) is 7.76. The molecule has 2 aromatic rings. The van der Waals surface area contributed by atoms with Crippen LogP contribution in [-0.2, 0) is 6.42 Å². The molecule has 0 aliphatic rings. The summed E-state index contributed by atoms with van der Waals surface area (Å²) >= 11 is 7.71. The van der Waals surface area contributed by atoms with E-state index in [2.05, 4.69) is 87.2 Å². The molecule has 19 heavy (non-hydrogen) atoms. The van der Waals surface area contributed by atoms with E-state index < -0.39 is 0 Å². The predicted octanol–water partition coefficient (Wildman–Crippen LogP) is 5.40. The van der Waals surface area contributed by atoms with Gasteiger partial charge >= 0.3 is 0 Å². The summed E-state index contributed by atoms with van der Waals surface area (Å²) in [6.07, 6.45) is 2.21. The minimum Gasteiger partial charge on any atom is -0.310 e. The second-order valence-corrected chi connectivity index (χ2v) is 8.26. The van der Waals surface area contributed by atoms with Crippen LogP contribution in [-0.4, -0.2) is 6.54 Å². The molecule has 4 heteroatoms. The molecule has 0 fully saturated rings. The van der Waals surface area contributed by atoms with E-state index in [1.165, 1.54) is 17.8 Å². The Morgan fingerprint density at radius 2 is 1.95 bits per heavy atom. The van der Waals surface area contributed by atoms with Crippen LogP contribution in [0.2, 0.25) is 0 Å². The molecule has 102 valence electrons. The molecular formula is C15H17BrINS.